The highest BCUT2D eigenvalue weighted by atomic mass is 16.5. The van der Waals surface area contributed by atoms with Gasteiger partial charge < -0.3 is 19.2 Å². The first-order valence-electron chi connectivity index (χ1n) is 12.1. The van der Waals surface area contributed by atoms with Gasteiger partial charge in [-0.25, -0.2) is 14.3 Å². The molecule has 5 rings (SSSR count). The third-order valence-electron chi connectivity index (χ3n) is 5.77. The molecule has 0 radical (unpaired) electrons. The van der Waals surface area contributed by atoms with Crippen LogP contribution in [0.4, 0.5) is 5.69 Å². The van der Waals surface area contributed by atoms with Gasteiger partial charge in [-0.2, -0.15) is 5.10 Å². The standard InChI is InChI=1S/C29H26N4O5/c1-4-36-29(35)24-16-31-33-25(10-11-30-27(24)33)20-6-5-7-21(15-20)32-28(34)26-9-8-22(38-26)17-37-23-13-18(2)12-19(3)14-23/h5-16H,4,17H2,1-3H3,(H,32,34). The predicted molar refractivity (Wildman–Crippen MR) is 141 cm³/mol. The fourth-order valence-electron chi connectivity index (χ4n) is 4.16. The Morgan fingerprint density at radius 3 is 2.63 bits per heavy atom. The summed E-state index contributed by atoms with van der Waals surface area (Å²) < 4.78 is 18.2. The van der Waals surface area contributed by atoms with Crippen molar-refractivity contribution >= 4 is 23.2 Å². The minimum atomic E-state index is -0.481. The first-order chi connectivity index (χ1) is 18.4. The highest BCUT2D eigenvalue weighted by Crippen LogP contribution is 2.25. The summed E-state index contributed by atoms with van der Waals surface area (Å²) in [6, 6.07) is 18.4. The van der Waals surface area contributed by atoms with Gasteiger partial charge in [0.2, 0.25) is 0 Å². The van der Waals surface area contributed by atoms with E-state index in [1.807, 2.05) is 44.2 Å². The summed E-state index contributed by atoms with van der Waals surface area (Å²) in [5, 5.41) is 7.19. The van der Waals surface area contributed by atoms with Crippen LogP contribution in [0, 0.1) is 13.8 Å². The van der Waals surface area contributed by atoms with Crippen LogP contribution in [0.3, 0.4) is 0 Å². The van der Waals surface area contributed by atoms with Crippen LogP contribution in [0.15, 0.2) is 77.5 Å². The van der Waals surface area contributed by atoms with E-state index in [1.165, 1.54) is 6.20 Å². The number of esters is 1. The van der Waals surface area contributed by atoms with E-state index in [4.69, 9.17) is 13.9 Å². The molecular formula is C29H26N4O5. The second kappa shape index (κ2) is 10.6. The van der Waals surface area contributed by atoms with Gasteiger partial charge in [-0.15, -0.1) is 0 Å². The molecule has 1 N–H and O–H groups in total. The molecule has 1 amide bonds. The summed E-state index contributed by atoms with van der Waals surface area (Å²) in [6.07, 6.45) is 3.04. The number of furan rings is 1. The summed E-state index contributed by atoms with van der Waals surface area (Å²) in [4.78, 5) is 29.4. The van der Waals surface area contributed by atoms with Crippen molar-refractivity contribution in [1.29, 1.82) is 0 Å². The Bertz CT molecular complexity index is 1620. The Balaban J connectivity index is 1.30. The van der Waals surface area contributed by atoms with E-state index in [2.05, 4.69) is 21.5 Å². The molecule has 5 aromatic rings. The zero-order valence-corrected chi connectivity index (χ0v) is 21.2. The number of hydrogen-bond acceptors (Lipinski definition) is 7. The summed E-state index contributed by atoms with van der Waals surface area (Å²) in [5.74, 6) is 0.595. The molecule has 0 saturated carbocycles. The average Bonchev–Trinajstić information content (AvgIpc) is 3.55. The molecule has 3 aromatic heterocycles. The van der Waals surface area contributed by atoms with Crippen molar-refractivity contribution in [3.8, 4) is 17.0 Å². The number of nitrogens with one attached hydrogen (secondary N) is 1. The minimum Gasteiger partial charge on any atom is -0.486 e. The molecule has 9 heteroatoms. The molecule has 38 heavy (non-hydrogen) atoms. The topological polar surface area (TPSA) is 108 Å². The van der Waals surface area contributed by atoms with E-state index in [9.17, 15) is 9.59 Å². The predicted octanol–water partition coefficient (Wildman–Crippen LogP) is 5.61. The zero-order chi connectivity index (χ0) is 26.6. The number of ether oxygens (including phenoxy) is 2. The van der Waals surface area contributed by atoms with Crippen molar-refractivity contribution in [3.63, 3.8) is 0 Å². The maximum absolute atomic E-state index is 12.9. The van der Waals surface area contributed by atoms with Crippen LogP contribution in [0.1, 0.15) is 44.7 Å². The largest absolute Gasteiger partial charge is 0.486 e. The lowest BCUT2D eigenvalue weighted by atomic mass is 10.1. The molecule has 192 valence electrons. The molecule has 0 aliphatic carbocycles. The first-order valence-corrected chi connectivity index (χ1v) is 12.1. The van der Waals surface area contributed by atoms with E-state index in [1.54, 1.807) is 41.9 Å². The molecule has 9 nitrogen and oxygen atoms in total. The van der Waals surface area contributed by atoms with Gasteiger partial charge in [0.25, 0.3) is 5.91 Å². The van der Waals surface area contributed by atoms with Gasteiger partial charge in [0, 0.05) is 17.4 Å². The van der Waals surface area contributed by atoms with Crippen molar-refractivity contribution in [1.82, 2.24) is 14.6 Å². The molecule has 0 bridgehead atoms. The molecule has 0 spiro atoms. The number of fused-ring (bicyclic) bond motifs is 1. The van der Waals surface area contributed by atoms with Crippen LogP contribution >= 0.6 is 0 Å². The number of carbonyl (C=O) groups is 2. The van der Waals surface area contributed by atoms with E-state index < -0.39 is 5.97 Å². The lowest BCUT2D eigenvalue weighted by molar-refractivity contribution is 0.0528. The Morgan fingerprint density at radius 1 is 1.03 bits per heavy atom. The second-order valence-electron chi connectivity index (χ2n) is 8.76. The Morgan fingerprint density at radius 2 is 1.84 bits per heavy atom. The summed E-state index contributed by atoms with van der Waals surface area (Å²) in [5.41, 5.74) is 4.94. The summed E-state index contributed by atoms with van der Waals surface area (Å²) >= 11 is 0. The number of benzene rings is 2. The van der Waals surface area contributed by atoms with Crippen LogP contribution in [-0.2, 0) is 11.3 Å². The van der Waals surface area contributed by atoms with Crippen LogP contribution in [-0.4, -0.2) is 33.1 Å². The molecular weight excluding hydrogens is 484 g/mol. The molecule has 0 unspecified atom stereocenters. The number of amides is 1. The zero-order valence-electron chi connectivity index (χ0n) is 21.2. The monoisotopic (exact) mass is 510 g/mol. The highest BCUT2D eigenvalue weighted by Gasteiger charge is 2.18. The van der Waals surface area contributed by atoms with Gasteiger partial charge in [-0.05, 0) is 74.4 Å². The average molecular weight is 511 g/mol. The van der Waals surface area contributed by atoms with Crippen LogP contribution < -0.4 is 10.1 Å². The number of nitrogens with zero attached hydrogens (tertiary/aromatic N) is 3. The van der Waals surface area contributed by atoms with Gasteiger partial charge in [0.15, 0.2) is 11.4 Å². The van der Waals surface area contributed by atoms with Crippen molar-refractivity contribution in [3.05, 3.63) is 101 Å². The maximum Gasteiger partial charge on any atom is 0.343 e. The van der Waals surface area contributed by atoms with Crippen LogP contribution in [0.5, 0.6) is 5.75 Å². The third-order valence-corrected chi connectivity index (χ3v) is 5.77. The molecule has 0 saturated heterocycles. The SMILES string of the molecule is CCOC(=O)c1cnn2c(-c3cccc(NC(=O)c4ccc(COc5cc(C)cc(C)c5)o4)c3)ccnc12. The quantitative estimate of drug-likeness (QED) is 0.270. The van der Waals surface area contributed by atoms with E-state index in [0.29, 0.717) is 22.8 Å². The van der Waals surface area contributed by atoms with E-state index >= 15 is 0 Å². The molecule has 3 heterocycles. The number of anilines is 1. The second-order valence-corrected chi connectivity index (χ2v) is 8.76. The summed E-state index contributed by atoms with van der Waals surface area (Å²) in [6.45, 7) is 6.23. The number of hydrogen-bond donors (Lipinski definition) is 1. The van der Waals surface area contributed by atoms with Crippen molar-refractivity contribution in [2.24, 2.45) is 0 Å². The molecule has 0 aliphatic heterocycles. The van der Waals surface area contributed by atoms with Gasteiger partial charge in [0.1, 0.15) is 23.7 Å². The minimum absolute atomic E-state index is 0.173. The number of aryl methyl sites for hydroxylation is 2. The van der Waals surface area contributed by atoms with Gasteiger partial charge in [0.05, 0.1) is 18.5 Å². The van der Waals surface area contributed by atoms with Crippen molar-refractivity contribution in [2.75, 3.05) is 11.9 Å². The van der Waals surface area contributed by atoms with Gasteiger partial charge >= 0.3 is 5.97 Å². The van der Waals surface area contributed by atoms with E-state index in [0.717, 1.165) is 22.4 Å². The lowest BCUT2D eigenvalue weighted by Gasteiger charge is -2.09. The van der Waals surface area contributed by atoms with Gasteiger partial charge in [-0.1, -0.05) is 18.2 Å². The van der Waals surface area contributed by atoms with Crippen LogP contribution in [0.25, 0.3) is 16.9 Å². The van der Waals surface area contributed by atoms with Crippen LogP contribution in [0.2, 0.25) is 0 Å². The molecule has 0 fully saturated rings. The fraction of sp³-hybridized carbons (Fsp3) is 0.172. The number of rotatable bonds is 8. The Hall–Kier alpha value is -4.92. The Kier molecular flexibility index (Phi) is 6.90. The molecule has 0 atom stereocenters. The van der Waals surface area contributed by atoms with Crippen molar-refractivity contribution in [2.45, 2.75) is 27.4 Å². The number of carbonyl (C=O) groups excluding carboxylic acids is 2. The highest BCUT2D eigenvalue weighted by molar-refractivity contribution is 6.02. The smallest absolute Gasteiger partial charge is 0.343 e. The molecule has 0 aliphatic rings. The maximum atomic E-state index is 12.9. The summed E-state index contributed by atoms with van der Waals surface area (Å²) in [7, 11) is 0. The Labute approximate surface area is 219 Å². The van der Waals surface area contributed by atoms with E-state index in [-0.39, 0.29) is 30.4 Å². The normalized spacial score (nSPS) is 10.9. The number of aromatic nitrogens is 3. The fourth-order valence-corrected chi connectivity index (χ4v) is 4.16. The van der Waals surface area contributed by atoms with Gasteiger partial charge in [-0.3, -0.25) is 4.79 Å². The lowest BCUT2D eigenvalue weighted by Crippen LogP contribution is -2.11. The molecule has 2 aromatic carbocycles. The van der Waals surface area contributed by atoms with Crippen molar-refractivity contribution < 1.29 is 23.5 Å². The first kappa shape index (κ1) is 24.8. The third kappa shape index (κ3) is 5.27.